The minimum Gasteiger partial charge on any atom is -0.324 e. The minimum atomic E-state index is -0.553. The van der Waals surface area contributed by atoms with Gasteiger partial charge in [-0.25, -0.2) is 19.2 Å². The number of piperidine rings is 1. The first-order valence-electron chi connectivity index (χ1n) is 9.90. The van der Waals surface area contributed by atoms with Crippen molar-refractivity contribution in [3.63, 3.8) is 0 Å². The Balaban J connectivity index is 1.48. The van der Waals surface area contributed by atoms with Gasteiger partial charge in [-0.2, -0.15) is 0 Å². The summed E-state index contributed by atoms with van der Waals surface area (Å²) in [6, 6.07) is 13.9. The zero-order valence-corrected chi connectivity index (χ0v) is 17.4. The molecule has 1 aliphatic rings. The van der Waals surface area contributed by atoms with Gasteiger partial charge < -0.3 is 10.2 Å². The number of nitrogens with zero attached hydrogens (tertiary/aromatic N) is 3. The molecule has 1 atom stereocenters. The molecule has 0 aliphatic carbocycles. The van der Waals surface area contributed by atoms with Crippen molar-refractivity contribution in [2.24, 2.45) is 0 Å². The van der Waals surface area contributed by atoms with E-state index < -0.39 is 5.82 Å². The Morgan fingerprint density at radius 2 is 2.00 bits per heavy atom. The molecule has 0 spiro atoms. The molecule has 2 aromatic carbocycles. The van der Waals surface area contributed by atoms with E-state index in [0.29, 0.717) is 18.9 Å². The quantitative estimate of drug-likeness (QED) is 0.590. The minimum absolute atomic E-state index is 0.103. The van der Waals surface area contributed by atoms with Crippen LogP contribution in [0.4, 0.5) is 14.9 Å². The molecule has 7 heteroatoms. The number of carbonyl (C=O) groups is 1. The van der Waals surface area contributed by atoms with Crippen molar-refractivity contribution in [2.75, 3.05) is 18.4 Å². The van der Waals surface area contributed by atoms with Crippen LogP contribution in [-0.2, 0) is 0 Å². The van der Waals surface area contributed by atoms with E-state index in [1.807, 2.05) is 37.3 Å². The van der Waals surface area contributed by atoms with Crippen molar-refractivity contribution in [1.82, 2.24) is 14.9 Å². The Kier molecular flexibility index (Phi) is 5.95. The second-order valence-electron chi connectivity index (χ2n) is 7.51. The molecule has 5 nitrogen and oxygen atoms in total. The van der Waals surface area contributed by atoms with E-state index in [4.69, 9.17) is 16.6 Å². The lowest BCUT2D eigenvalue weighted by molar-refractivity contribution is 0.192. The van der Waals surface area contributed by atoms with Crippen LogP contribution >= 0.6 is 11.6 Å². The van der Waals surface area contributed by atoms with Crippen LogP contribution in [0.3, 0.4) is 0 Å². The van der Waals surface area contributed by atoms with Gasteiger partial charge in [-0.05, 0) is 44.0 Å². The molecule has 0 saturated carbocycles. The molecule has 1 fully saturated rings. The molecule has 154 valence electrons. The third-order valence-corrected chi connectivity index (χ3v) is 5.52. The number of aryl methyl sites for hydroxylation is 1. The predicted molar refractivity (Wildman–Crippen MR) is 116 cm³/mol. The van der Waals surface area contributed by atoms with Gasteiger partial charge in [0, 0.05) is 41.5 Å². The van der Waals surface area contributed by atoms with Crippen LogP contribution < -0.4 is 5.32 Å². The first kappa shape index (κ1) is 20.3. The first-order valence-corrected chi connectivity index (χ1v) is 10.3. The summed E-state index contributed by atoms with van der Waals surface area (Å²) in [7, 11) is 0. The van der Waals surface area contributed by atoms with E-state index in [-0.39, 0.29) is 22.7 Å². The van der Waals surface area contributed by atoms with E-state index in [9.17, 15) is 9.18 Å². The van der Waals surface area contributed by atoms with Crippen LogP contribution in [0.25, 0.3) is 11.4 Å². The smallest absolute Gasteiger partial charge is 0.321 e. The molecule has 1 aliphatic heterocycles. The van der Waals surface area contributed by atoms with Gasteiger partial charge in [0.1, 0.15) is 5.82 Å². The molecule has 0 bridgehead atoms. The van der Waals surface area contributed by atoms with Crippen LogP contribution in [0.15, 0.2) is 54.7 Å². The van der Waals surface area contributed by atoms with Crippen molar-refractivity contribution < 1.29 is 9.18 Å². The average molecular weight is 425 g/mol. The lowest BCUT2D eigenvalue weighted by Gasteiger charge is -2.32. The van der Waals surface area contributed by atoms with Gasteiger partial charge in [0.25, 0.3) is 0 Å². The first-order chi connectivity index (χ1) is 14.5. The van der Waals surface area contributed by atoms with Crippen molar-refractivity contribution in [2.45, 2.75) is 25.7 Å². The fourth-order valence-corrected chi connectivity index (χ4v) is 3.79. The zero-order chi connectivity index (χ0) is 21.1. The van der Waals surface area contributed by atoms with E-state index in [1.54, 1.807) is 17.2 Å². The number of halogens is 2. The van der Waals surface area contributed by atoms with Crippen molar-refractivity contribution in [1.29, 1.82) is 0 Å². The largest absolute Gasteiger partial charge is 0.324 e. The Bertz CT molecular complexity index is 1060. The molecule has 0 unspecified atom stereocenters. The lowest BCUT2D eigenvalue weighted by atomic mass is 9.94. The summed E-state index contributed by atoms with van der Waals surface area (Å²) in [5, 5.41) is 2.93. The molecular formula is C23H22ClFN4O. The van der Waals surface area contributed by atoms with Crippen LogP contribution in [0.5, 0.6) is 0 Å². The van der Waals surface area contributed by atoms with E-state index in [2.05, 4.69) is 10.3 Å². The number of rotatable bonds is 3. The summed E-state index contributed by atoms with van der Waals surface area (Å²) < 4.78 is 14.0. The van der Waals surface area contributed by atoms with E-state index in [0.717, 1.165) is 24.1 Å². The molecule has 1 saturated heterocycles. The highest BCUT2D eigenvalue weighted by molar-refractivity contribution is 6.30. The number of anilines is 1. The average Bonchev–Trinajstić information content (AvgIpc) is 2.76. The molecular weight excluding hydrogens is 403 g/mol. The summed E-state index contributed by atoms with van der Waals surface area (Å²) in [6.07, 6.45) is 3.55. The van der Waals surface area contributed by atoms with Crippen LogP contribution in [-0.4, -0.2) is 34.0 Å². The normalized spacial score (nSPS) is 16.4. The Morgan fingerprint density at radius 1 is 1.20 bits per heavy atom. The Hall–Kier alpha value is -2.99. The van der Waals surface area contributed by atoms with Crippen LogP contribution in [0.2, 0.25) is 5.02 Å². The van der Waals surface area contributed by atoms with Crippen molar-refractivity contribution in [3.8, 4) is 11.4 Å². The fourth-order valence-electron chi connectivity index (χ4n) is 3.63. The summed E-state index contributed by atoms with van der Waals surface area (Å²) in [6.45, 7) is 3.18. The number of hydrogen-bond acceptors (Lipinski definition) is 3. The second kappa shape index (κ2) is 8.79. The monoisotopic (exact) mass is 424 g/mol. The Labute approximate surface area is 179 Å². The van der Waals surface area contributed by atoms with Gasteiger partial charge in [0.2, 0.25) is 0 Å². The van der Waals surface area contributed by atoms with Gasteiger partial charge >= 0.3 is 6.03 Å². The maximum Gasteiger partial charge on any atom is 0.321 e. The highest BCUT2D eigenvalue weighted by Gasteiger charge is 2.26. The fraction of sp³-hybridized carbons (Fsp3) is 0.261. The molecule has 2 amide bonds. The third kappa shape index (κ3) is 4.60. The number of carbonyl (C=O) groups excluding carboxylic acids is 1. The second-order valence-corrected chi connectivity index (χ2v) is 7.95. The van der Waals surface area contributed by atoms with Gasteiger partial charge in [-0.1, -0.05) is 41.4 Å². The standard InChI is InChI=1S/C23H22ClFN4O/c1-15-4-6-16(7-5-15)22-26-11-10-20(27-22)17-3-2-12-29(14-17)23(30)28-21-9-8-18(24)13-19(21)25/h4-11,13,17H,2-3,12,14H2,1H3,(H,28,30)/t17-/m1/s1. The summed E-state index contributed by atoms with van der Waals surface area (Å²) in [4.78, 5) is 23.5. The maximum atomic E-state index is 14.0. The van der Waals surface area contributed by atoms with Crippen molar-refractivity contribution in [3.05, 3.63) is 76.8 Å². The molecule has 1 aromatic heterocycles. The van der Waals surface area contributed by atoms with Crippen LogP contribution in [0.1, 0.15) is 30.0 Å². The molecule has 4 rings (SSSR count). The molecule has 30 heavy (non-hydrogen) atoms. The third-order valence-electron chi connectivity index (χ3n) is 5.29. The van der Waals surface area contributed by atoms with Gasteiger partial charge in [-0.3, -0.25) is 0 Å². The van der Waals surface area contributed by atoms with Crippen molar-refractivity contribution >= 4 is 23.3 Å². The lowest BCUT2D eigenvalue weighted by Crippen LogP contribution is -2.42. The number of amides is 2. The number of aromatic nitrogens is 2. The number of benzene rings is 2. The van der Waals surface area contributed by atoms with E-state index >= 15 is 0 Å². The van der Waals surface area contributed by atoms with E-state index in [1.165, 1.54) is 17.7 Å². The molecule has 1 N–H and O–H groups in total. The highest BCUT2D eigenvalue weighted by atomic mass is 35.5. The topological polar surface area (TPSA) is 58.1 Å². The summed E-state index contributed by atoms with van der Waals surface area (Å²) in [5.74, 6) is 0.229. The predicted octanol–water partition coefficient (Wildman–Crippen LogP) is 5.66. The highest BCUT2D eigenvalue weighted by Crippen LogP contribution is 2.28. The summed E-state index contributed by atoms with van der Waals surface area (Å²) in [5.41, 5.74) is 3.18. The number of hydrogen-bond donors (Lipinski definition) is 1. The maximum absolute atomic E-state index is 14.0. The zero-order valence-electron chi connectivity index (χ0n) is 16.6. The van der Waals surface area contributed by atoms with Gasteiger partial charge in [-0.15, -0.1) is 0 Å². The Morgan fingerprint density at radius 3 is 2.77 bits per heavy atom. The summed E-state index contributed by atoms with van der Waals surface area (Å²) >= 11 is 5.78. The van der Waals surface area contributed by atoms with Crippen LogP contribution in [0, 0.1) is 12.7 Å². The number of urea groups is 1. The number of nitrogens with one attached hydrogen (secondary N) is 1. The van der Waals surface area contributed by atoms with Gasteiger partial charge in [0.05, 0.1) is 5.69 Å². The molecule has 2 heterocycles. The van der Waals surface area contributed by atoms with Gasteiger partial charge in [0.15, 0.2) is 5.82 Å². The molecule has 0 radical (unpaired) electrons. The SMILES string of the molecule is Cc1ccc(-c2nccc([C@@H]3CCCN(C(=O)Nc4ccc(Cl)cc4F)C3)n2)cc1. The number of likely N-dealkylation sites (tertiary alicyclic amines) is 1. The molecule has 3 aromatic rings.